The molecule has 2 aromatic carbocycles. The van der Waals surface area contributed by atoms with Gasteiger partial charge in [-0.15, -0.1) is 0 Å². The minimum absolute atomic E-state index is 0.0171. The van der Waals surface area contributed by atoms with Crippen LogP contribution >= 0.6 is 11.6 Å². The fraction of sp³-hybridized carbons (Fsp3) is 0.150. The number of allylic oxidation sites excluding steroid dienone is 1. The maximum absolute atomic E-state index is 13.8. The van der Waals surface area contributed by atoms with Gasteiger partial charge in [-0.25, -0.2) is 4.39 Å². The van der Waals surface area contributed by atoms with E-state index in [9.17, 15) is 9.18 Å². The predicted octanol–water partition coefficient (Wildman–Crippen LogP) is 3.92. The molecule has 28 heavy (non-hydrogen) atoms. The molecule has 2 N–H and O–H groups in total. The molecular weight excluding hydrogens is 385 g/mol. The highest BCUT2D eigenvalue weighted by Crippen LogP contribution is 2.20. The Kier molecular flexibility index (Phi) is 7.71. The summed E-state index contributed by atoms with van der Waals surface area (Å²) >= 11 is 5.97. The van der Waals surface area contributed by atoms with Crippen molar-refractivity contribution in [3.05, 3.63) is 76.1 Å². The van der Waals surface area contributed by atoms with Gasteiger partial charge in [0.25, 0.3) is 5.91 Å². The molecule has 0 radical (unpaired) electrons. The zero-order valence-corrected chi connectivity index (χ0v) is 16.1. The quantitative estimate of drug-likeness (QED) is 0.535. The third-order valence-electron chi connectivity index (χ3n) is 3.61. The molecular formula is C20H19ClFN3O3. The van der Waals surface area contributed by atoms with Crippen molar-refractivity contribution in [2.24, 2.45) is 16.0 Å². The van der Waals surface area contributed by atoms with Crippen molar-refractivity contribution in [3.8, 4) is 0 Å². The van der Waals surface area contributed by atoms with Gasteiger partial charge in [0.05, 0.1) is 10.7 Å². The summed E-state index contributed by atoms with van der Waals surface area (Å²) in [6.45, 7) is 1.76. The minimum atomic E-state index is -0.723. The van der Waals surface area contributed by atoms with Gasteiger partial charge in [0.1, 0.15) is 19.5 Å². The lowest BCUT2D eigenvalue weighted by molar-refractivity contribution is -0.112. The van der Waals surface area contributed by atoms with E-state index in [0.717, 1.165) is 0 Å². The Bertz CT molecular complexity index is 922. The van der Waals surface area contributed by atoms with E-state index < -0.39 is 11.7 Å². The van der Waals surface area contributed by atoms with E-state index >= 15 is 0 Å². The lowest BCUT2D eigenvalue weighted by Crippen LogP contribution is -2.25. The van der Waals surface area contributed by atoms with Crippen LogP contribution in [0.1, 0.15) is 23.6 Å². The molecule has 0 unspecified atom stereocenters. The molecule has 146 valence electrons. The summed E-state index contributed by atoms with van der Waals surface area (Å²) in [6.07, 6.45) is 3.10. The van der Waals surface area contributed by atoms with Gasteiger partial charge in [0.2, 0.25) is 0 Å². The molecule has 0 aliphatic heterocycles. The van der Waals surface area contributed by atoms with Crippen LogP contribution in [0.2, 0.25) is 5.02 Å². The van der Waals surface area contributed by atoms with E-state index in [0.29, 0.717) is 21.9 Å². The third kappa shape index (κ3) is 5.65. The number of nitrogens with two attached hydrogens (primary N) is 1. The monoisotopic (exact) mass is 403 g/mol. The van der Waals surface area contributed by atoms with Crippen LogP contribution in [0.5, 0.6) is 0 Å². The topological polar surface area (TPSA) is 86.3 Å². The standard InChI is InChI=1S/C20H19ClFN3O3/c1-13(10-11-16-17(21)8-5-9-18(16)22)24-28-12-14-6-3-4-7-15(14)19(20(23)26)25-27-2/h3-11H,12H2,1-2H3,(H2,23,26)/b11-10+,24-13?,25-19?. The lowest BCUT2D eigenvalue weighted by atomic mass is 10.0. The van der Waals surface area contributed by atoms with Gasteiger partial charge in [-0.3, -0.25) is 4.79 Å². The predicted molar refractivity (Wildman–Crippen MR) is 108 cm³/mol. The number of hydrogen-bond acceptors (Lipinski definition) is 5. The second-order valence-electron chi connectivity index (χ2n) is 5.62. The van der Waals surface area contributed by atoms with Crippen LogP contribution in [-0.2, 0) is 21.1 Å². The SMILES string of the molecule is CON=C(C(N)=O)c1ccccc1CON=C(C)/C=C/c1c(F)cccc1Cl. The van der Waals surface area contributed by atoms with E-state index in [1.807, 2.05) is 0 Å². The Morgan fingerprint density at radius 2 is 1.96 bits per heavy atom. The number of primary amides is 1. The molecule has 0 spiro atoms. The van der Waals surface area contributed by atoms with Gasteiger partial charge in [-0.1, -0.05) is 52.2 Å². The van der Waals surface area contributed by atoms with Crippen molar-refractivity contribution in [1.29, 1.82) is 0 Å². The van der Waals surface area contributed by atoms with E-state index in [4.69, 9.17) is 22.2 Å². The first-order valence-electron chi connectivity index (χ1n) is 8.22. The van der Waals surface area contributed by atoms with Gasteiger partial charge in [-0.2, -0.15) is 0 Å². The fourth-order valence-electron chi connectivity index (χ4n) is 2.30. The average Bonchev–Trinajstić information content (AvgIpc) is 2.66. The molecule has 0 aromatic heterocycles. The molecule has 0 aliphatic rings. The second-order valence-corrected chi connectivity index (χ2v) is 6.03. The second kappa shape index (κ2) is 10.2. The van der Waals surface area contributed by atoms with Crippen LogP contribution in [0.3, 0.4) is 0 Å². The number of benzene rings is 2. The van der Waals surface area contributed by atoms with Crippen molar-refractivity contribution < 1.29 is 18.9 Å². The van der Waals surface area contributed by atoms with Gasteiger partial charge in [-0.05, 0) is 31.2 Å². The lowest BCUT2D eigenvalue weighted by Gasteiger charge is -2.08. The molecule has 0 saturated heterocycles. The van der Waals surface area contributed by atoms with Crippen LogP contribution in [0.15, 0.2) is 58.9 Å². The van der Waals surface area contributed by atoms with Crippen LogP contribution in [-0.4, -0.2) is 24.4 Å². The van der Waals surface area contributed by atoms with E-state index in [-0.39, 0.29) is 17.9 Å². The Balaban J connectivity index is 2.11. The first kappa shape index (κ1) is 21.1. The molecule has 0 atom stereocenters. The molecule has 1 amide bonds. The third-order valence-corrected chi connectivity index (χ3v) is 3.94. The smallest absolute Gasteiger partial charge is 0.271 e. The molecule has 6 nitrogen and oxygen atoms in total. The van der Waals surface area contributed by atoms with Gasteiger partial charge < -0.3 is 15.4 Å². The minimum Gasteiger partial charge on any atom is -0.398 e. The number of rotatable bonds is 8. The summed E-state index contributed by atoms with van der Waals surface area (Å²) in [5.74, 6) is -1.15. The maximum Gasteiger partial charge on any atom is 0.271 e. The average molecular weight is 404 g/mol. The van der Waals surface area contributed by atoms with E-state index in [1.165, 1.54) is 25.3 Å². The molecule has 0 saturated carbocycles. The van der Waals surface area contributed by atoms with Gasteiger partial charge >= 0.3 is 0 Å². The molecule has 0 fully saturated rings. The van der Waals surface area contributed by atoms with E-state index in [1.54, 1.807) is 43.3 Å². The summed E-state index contributed by atoms with van der Waals surface area (Å²) in [7, 11) is 1.32. The summed E-state index contributed by atoms with van der Waals surface area (Å²) in [5, 5.41) is 7.93. The number of carbonyl (C=O) groups is 1. The highest BCUT2D eigenvalue weighted by molar-refractivity contribution is 6.45. The number of halogens is 2. The molecule has 0 aliphatic carbocycles. The number of oxime groups is 2. The van der Waals surface area contributed by atoms with Crippen LogP contribution < -0.4 is 5.73 Å². The molecule has 2 aromatic rings. The highest BCUT2D eigenvalue weighted by atomic mass is 35.5. The maximum atomic E-state index is 13.8. The number of nitrogens with zero attached hydrogens (tertiary/aromatic N) is 2. The number of hydrogen-bond donors (Lipinski definition) is 1. The number of amides is 1. The Morgan fingerprint density at radius 1 is 1.21 bits per heavy atom. The van der Waals surface area contributed by atoms with Crippen molar-refractivity contribution in [2.75, 3.05) is 7.11 Å². The zero-order chi connectivity index (χ0) is 20.5. The highest BCUT2D eigenvalue weighted by Gasteiger charge is 2.15. The van der Waals surface area contributed by atoms with Crippen molar-refractivity contribution >= 4 is 35.0 Å². The summed E-state index contributed by atoms with van der Waals surface area (Å²) in [6, 6.07) is 11.4. The Labute approximate surface area is 167 Å². The Hall–Kier alpha value is -3.19. The van der Waals surface area contributed by atoms with Crippen LogP contribution in [0.4, 0.5) is 4.39 Å². The largest absolute Gasteiger partial charge is 0.398 e. The summed E-state index contributed by atoms with van der Waals surface area (Å²) < 4.78 is 13.8. The van der Waals surface area contributed by atoms with Crippen molar-refractivity contribution in [3.63, 3.8) is 0 Å². The molecule has 2 rings (SSSR count). The van der Waals surface area contributed by atoms with Crippen molar-refractivity contribution in [1.82, 2.24) is 0 Å². The van der Waals surface area contributed by atoms with Crippen molar-refractivity contribution in [2.45, 2.75) is 13.5 Å². The molecule has 0 heterocycles. The molecule has 0 bridgehead atoms. The number of carbonyl (C=O) groups excluding carboxylic acids is 1. The normalized spacial score (nSPS) is 12.3. The first-order valence-corrected chi connectivity index (χ1v) is 8.59. The van der Waals surface area contributed by atoms with E-state index in [2.05, 4.69) is 15.1 Å². The van der Waals surface area contributed by atoms with Gasteiger partial charge in [0.15, 0.2) is 5.71 Å². The van der Waals surface area contributed by atoms with Crippen LogP contribution in [0, 0.1) is 5.82 Å². The fourth-order valence-corrected chi connectivity index (χ4v) is 2.53. The Morgan fingerprint density at radius 3 is 2.64 bits per heavy atom. The van der Waals surface area contributed by atoms with Gasteiger partial charge in [0, 0.05) is 16.7 Å². The van der Waals surface area contributed by atoms with Crippen LogP contribution in [0.25, 0.3) is 6.08 Å². The summed E-state index contributed by atoms with van der Waals surface area (Å²) in [4.78, 5) is 21.6. The first-order chi connectivity index (χ1) is 13.4. The molecule has 8 heteroatoms. The summed E-state index contributed by atoms with van der Waals surface area (Å²) in [5.41, 5.74) is 7.23. The zero-order valence-electron chi connectivity index (χ0n) is 15.4.